The zero-order valence-corrected chi connectivity index (χ0v) is 26.3. The molecule has 1 amide bonds. The molecule has 1 aliphatic carbocycles. The highest BCUT2D eigenvalue weighted by molar-refractivity contribution is 7.90. The molecule has 1 aromatic heterocycles. The van der Waals surface area contributed by atoms with Crippen LogP contribution >= 0.6 is 0 Å². The van der Waals surface area contributed by atoms with Crippen LogP contribution in [0.4, 0.5) is 10.6 Å². The van der Waals surface area contributed by atoms with Crippen LogP contribution in [0.15, 0.2) is 48.8 Å². The summed E-state index contributed by atoms with van der Waals surface area (Å²) in [5, 5.41) is 9.25. The molecule has 43 heavy (non-hydrogen) atoms. The Hall–Kier alpha value is -3.99. The number of aryl methyl sites for hydroxylation is 2. The van der Waals surface area contributed by atoms with E-state index in [1.807, 2.05) is 50.2 Å². The predicted octanol–water partition coefficient (Wildman–Crippen LogP) is 5.70. The van der Waals surface area contributed by atoms with Crippen LogP contribution in [-0.2, 0) is 25.9 Å². The van der Waals surface area contributed by atoms with Crippen LogP contribution in [0.3, 0.4) is 0 Å². The largest absolute Gasteiger partial charge is 0.494 e. The van der Waals surface area contributed by atoms with Crippen molar-refractivity contribution in [3.05, 3.63) is 71.2 Å². The van der Waals surface area contributed by atoms with E-state index in [9.17, 15) is 23.1 Å². The monoisotopic (exact) mass is 609 g/mol. The number of amides is 1. The Kier molecular flexibility index (Phi) is 9.44. The van der Waals surface area contributed by atoms with Crippen molar-refractivity contribution in [3.8, 4) is 16.9 Å². The van der Waals surface area contributed by atoms with E-state index in [4.69, 9.17) is 9.47 Å². The predicted molar refractivity (Wildman–Crippen MR) is 164 cm³/mol. The molecule has 2 aromatic carbocycles. The van der Waals surface area contributed by atoms with E-state index < -0.39 is 33.4 Å². The lowest BCUT2D eigenvalue weighted by molar-refractivity contribution is -0.138. The molecule has 2 atom stereocenters. The van der Waals surface area contributed by atoms with Crippen molar-refractivity contribution >= 4 is 27.7 Å². The van der Waals surface area contributed by atoms with Crippen LogP contribution in [-0.4, -0.2) is 59.8 Å². The van der Waals surface area contributed by atoms with Gasteiger partial charge in [0, 0.05) is 12.2 Å². The number of carboxylic acids is 1. The van der Waals surface area contributed by atoms with Crippen molar-refractivity contribution in [2.75, 3.05) is 23.5 Å². The summed E-state index contributed by atoms with van der Waals surface area (Å²) in [5.74, 6) is -0.386. The molecule has 1 N–H and O–H groups in total. The minimum absolute atomic E-state index is 0.0809. The topological polar surface area (TPSA) is 136 Å². The first-order chi connectivity index (χ1) is 20.1. The SMILES string of the molecule is Cc1cc(OCCCS(C)(=O)=O)cc(C)c1-c1cccc(CN(C(=O)OC(C)(C)C)c2cnc(C3C[C@@H]3C(=O)O)cn2)c1. The van der Waals surface area contributed by atoms with Crippen molar-refractivity contribution in [2.45, 2.75) is 65.5 Å². The Morgan fingerprint density at radius 2 is 1.77 bits per heavy atom. The Morgan fingerprint density at radius 3 is 2.33 bits per heavy atom. The third-order valence-corrected chi connectivity index (χ3v) is 8.06. The van der Waals surface area contributed by atoms with Crippen molar-refractivity contribution in [1.29, 1.82) is 0 Å². The molecular weight excluding hydrogens is 570 g/mol. The maximum absolute atomic E-state index is 13.3. The summed E-state index contributed by atoms with van der Waals surface area (Å²) >= 11 is 0. The molecule has 1 unspecified atom stereocenters. The maximum atomic E-state index is 13.3. The highest BCUT2D eigenvalue weighted by atomic mass is 32.2. The first-order valence-electron chi connectivity index (χ1n) is 14.2. The van der Waals surface area contributed by atoms with E-state index in [1.54, 1.807) is 20.8 Å². The number of aliphatic carboxylic acids is 1. The molecule has 4 rings (SSSR count). The summed E-state index contributed by atoms with van der Waals surface area (Å²) in [6.45, 7) is 9.87. The fraction of sp³-hybridized carbons (Fsp3) is 0.438. The van der Waals surface area contributed by atoms with E-state index in [2.05, 4.69) is 9.97 Å². The molecule has 230 valence electrons. The smallest absolute Gasteiger partial charge is 0.416 e. The van der Waals surface area contributed by atoms with E-state index >= 15 is 0 Å². The lowest BCUT2D eigenvalue weighted by Crippen LogP contribution is -2.37. The summed E-state index contributed by atoms with van der Waals surface area (Å²) in [7, 11) is -3.03. The van der Waals surface area contributed by atoms with Gasteiger partial charge in [0.25, 0.3) is 0 Å². The number of carbonyl (C=O) groups excluding carboxylic acids is 1. The molecule has 0 saturated heterocycles. The number of nitrogens with zero attached hydrogens (tertiary/aromatic N) is 3. The molecule has 0 bridgehead atoms. The van der Waals surface area contributed by atoms with Gasteiger partial charge in [0.05, 0.1) is 42.9 Å². The molecule has 1 aliphatic rings. The van der Waals surface area contributed by atoms with Crippen molar-refractivity contribution < 1.29 is 32.6 Å². The van der Waals surface area contributed by atoms with Gasteiger partial charge in [-0.05, 0) is 93.5 Å². The molecule has 1 fully saturated rings. The van der Waals surface area contributed by atoms with Crippen LogP contribution in [0, 0.1) is 19.8 Å². The number of rotatable bonds is 11. The second kappa shape index (κ2) is 12.7. The van der Waals surface area contributed by atoms with Gasteiger partial charge in [0.15, 0.2) is 5.82 Å². The summed E-state index contributed by atoms with van der Waals surface area (Å²) in [6, 6.07) is 11.8. The molecule has 0 spiro atoms. The molecule has 0 aliphatic heterocycles. The second-order valence-corrected chi connectivity index (χ2v) is 14.4. The van der Waals surface area contributed by atoms with E-state index in [1.165, 1.54) is 23.5 Å². The molecule has 1 heterocycles. The Morgan fingerprint density at radius 1 is 1.07 bits per heavy atom. The van der Waals surface area contributed by atoms with Gasteiger partial charge in [0.2, 0.25) is 0 Å². The van der Waals surface area contributed by atoms with Gasteiger partial charge < -0.3 is 14.6 Å². The highest BCUT2D eigenvalue weighted by Crippen LogP contribution is 2.46. The van der Waals surface area contributed by atoms with Gasteiger partial charge >= 0.3 is 12.1 Å². The van der Waals surface area contributed by atoms with Crippen LogP contribution < -0.4 is 9.64 Å². The fourth-order valence-corrected chi connectivity index (χ4v) is 5.64. The lowest BCUT2D eigenvalue weighted by atomic mass is 9.94. The zero-order valence-electron chi connectivity index (χ0n) is 25.5. The summed E-state index contributed by atoms with van der Waals surface area (Å²) in [6.07, 6.45) is 4.62. The van der Waals surface area contributed by atoms with Crippen LogP contribution in [0.1, 0.15) is 61.9 Å². The third-order valence-electron chi connectivity index (χ3n) is 7.03. The molecule has 3 aromatic rings. The first-order valence-corrected chi connectivity index (χ1v) is 16.2. The second-order valence-electron chi connectivity index (χ2n) is 12.1. The molecular formula is C32H39N3O7S. The zero-order chi connectivity index (χ0) is 31.5. The number of hydrogen-bond donors (Lipinski definition) is 1. The first kappa shape index (κ1) is 31.9. The van der Waals surface area contributed by atoms with Crippen molar-refractivity contribution in [1.82, 2.24) is 9.97 Å². The van der Waals surface area contributed by atoms with Crippen LogP contribution in [0.2, 0.25) is 0 Å². The van der Waals surface area contributed by atoms with E-state index in [0.717, 1.165) is 27.8 Å². The average Bonchev–Trinajstić information content (AvgIpc) is 3.70. The standard InChI is InChI=1S/C32H39N3O7S/c1-20-13-24(41-11-8-12-43(6,39)40)14-21(2)29(20)23-10-7-9-22(15-23)19-35(31(38)42-32(3,4)5)28-18-33-27(17-34-28)25-16-26(25)30(36)37/h7,9-10,13-15,17-18,25-26H,8,11-12,16,19H2,1-6H3,(H,36,37)/t25?,26-/m0/s1. The number of carboxylic acid groups (broad SMARTS) is 1. The van der Waals surface area contributed by atoms with E-state index in [-0.39, 0.29) is 18.2 Å². The van der Waals surface area contributed by atoms with Gasteiger partial charge in [-0.1, -0.05) is 18.2 Å². The minimum atomic E-state index is -3.03. The summed E-state index contributed by atoms with van der Waals surface area (Å²) in [4.78, 5) is 34.9. The Labute approximate surface area is 253 Å². The van der Waals surface area contributed by atoms with Crippen LogP contribution in [0.5, 0.6) is 5.75 Å². The maximum Gasteiger partial charge on any atom is 0.416 e. The van der Waals surface area contributed by atoms with Crippen molar-refractivity contribution in [3.63, 3.8) is 0 Å². The average molecular weight is 610 g/mol. The van der Waals surface area contributed by atoms with E-state index in [0.29, 0.717) is 36.7 Å². The fourth-order valence-electron chi connectivity index (χ4n) is 4.99. The number of benzene rings is 2. The number of hydrogen-bond acceptors (Lipinski definition) is 8. The Bertz CT molecular complexity index is 1570. The lowest BCUT2D eigenvalue weighted by Gasteiger charge is -2.27. The molecule has 1 saturated carbocycles. The van der Waals surface area contributed by atoms with Gasteiger partial charge in [-0.3, -0.25) is 14.7 Å². The molecule has 0 radical (unpaired) electrons. The summed E-state index contributed by atoms with van der Waals surface area (Å²) < 4.78 is 34.3. The van der Waals surface area contributed by atoms with Gasteiger partial charge in [0.1, 0.15) is 21.2 Å². The van der Waals surface area contributed by atoms with Gasteiger partial charge in [-0.25, -0.2) is 18.2 Å². The normalized spacial score (nSPS) is 16.4. The quantitative estimate of drug-likeness (QED) is 0.271. The minimum Gasteiger partial charge on any atom is -0.494 e. The number of anilines is 1. The van der Waals surface area contributed by atoms with Crippen LogP contribution in [0.25, 0.3) is 11.1 Å². The summed E-state index contributed by atoms with van der Waals surface area (Å²) in [5.41, 5.74) is 4.72. The number of carbonyl (C=O) groups is 2. The highest BCUT2D eigenvalue weighted by Gasteiger charge is 2.45. The van der Waals surface area contributed by atoms with Gasteiger partial charge in [-0.15, -0.1) is 0 Å². The molecule has 11 heteroatoms. The Balaban J connectivity index is 1.56. The number of aromatic nitrogens is 2. The third kappa shape index (κ3) is 8.76. The van der Waals surface area contributed by atoms with Gasteiger partial charge in [-0.2, -0.15) is 0 Å². The number of sulfone groups is 1. The van der Waals surface area contributed by atoms with Crippen molar-refractivity contribution in [2.24, 2.45) is 5.92 Å². The molecule has 10 nitrogen and oxygen atoms in total. The number of ether oxygens (including phenoxy) is 2.